The predicted molar refractivity (Wildman–Crippen MR) is 145 cm³/mol. The molecule has 1 aromatic carbocycles. The summed E-state index contributed by atoms with van der Waals surface area (Å²) in [5, 5.41) is 0. The highest BCUT2D eigenvalue weighted by Gasteiger charge is 2.51. The minimum absolute atomic E-state index is 0.0492. The first-order valence-corrected chi connectivity index (χ1v) is 16.2. The molecule has 220 valence electrons. The van der Waals surface area contributed by atoms with Gasteiger partial charge in [0.25, 0.3) is 20.2 Å². The van der Waals surface area contributed by atoms with Crippen LogP contribution in [0.3, 0.4) is 0 Å². The number of imidazole rings is 1. The molecule has 1 saturated carbocycles. The van der Waals surface area contributed by atoms with Crippen LogP contribution < -0.4 is 4.72 Å². The Morgan fingerprint density at radius 2 is 1.71 bits per heavy atom. The van der Waals surface area contributed by atoms with E-state index >= 15 is 0 Å². The Hall–Kier alpha value is -3.01. The fourth-order valence-electron chi connectivity index (χ4n) is 6.17. The van der Waals surface area contributed by atoms with E-state index in [0.717, 1.165) is 9.54 Å². The van der Waals surface area contributed by atoms with Crippen molar-refractivity contribution in [1.29, 1.82) is 0 Å². The maximum Gasteiger partial charge on any atom is 0.405 e. The van der Waals surface area contributed by atoms with Gasteiger partial charge in [-0.25, -0.2) is 22.4 Å². The molecule has 41 heavy (non-hydrogen) atoms. The minimum atomic E-state index is -4.63. The minimum Gasteiger partial charge on any atom is -0.291 e. The molecule has 0 radical (unpaired) electrons. The Morgan fingerprint density at radius 1 is 1.00 bits per heavy atom. The van der Waals surface area contributed by atoms with E-state index in [1.165, 1.54) is 24.5 Å². The summed E-state index contributed by atoms with van der Waals surface area (Å²) in [6.07, 6.45) is 0.610. The molecule has 4 heterocycles. The Balaban J connectivity index is 1.31. The highest BCUT2D eigenvalue weighted by Crippen LogP contribution is 2.41. The smallest absolute Gasteiger partial charge is 0.291 e. The maximum atomic E-state index is 13.4. The first-order chi connectivity index (χ1) is 19.3. The molecule has 4 aromatic rings. The number of nitrogens with one attached hydrogen (secondary N) is 1. The van der Waals surface area contributed by atoms with E-state index in [0.29, 0.717) is 34.0 Å². The highest BCUT2D eigenvalue weighted by atomic mass is 32.2. The molecule has 10 nitrogen and oxygen atoms in total. The number of rotatable bonds is 6. The summed E-state index contributed by atoms with van der Waals surface area (Å²) < 4.78 is 99.1. The van der Waals surface area contributed by atoms with E-state index < -0.39 is 38.5 Å². The van der Waals surface area contributed by atoms with Gasteiger partial charge in [-0.1, -0.05) is 24.6 Å². The maximum absolute atomic E-state index is 13.4. The largest absolute Gasteiger partial charge is 0.405 e. The molecule has 0 spiro atoms. The number of fused-ring (bicyclic) bond motifs is 3. The van der Waals surface area contributed by atoms with Crippen LogP contribution >= 0.6 is 0 Å². The molecule has 1 aliphatic heterocycles. The van der Waals surface area contributed by atoms with Crippen LogP contribution in [0.15, 0.2) is 53.8 Å². The normalized spacial score (nSPS) is 24.6. The average molecular weight is 611 g/mol. The van der Waals surface area contributed by atoms with Gasteiger partial charge in [0, 0.05) is 24.7 Å². The van der Waals surface area contributed by atoms with Gasteiger partial charge in [0.05, 0.1) is 28.3 Å². The summed E-state index contributed by atoms with van der Waals surface area (Å²) in [6.45, 7) is 3.63. The second-order valence-corrected chi connectivity index (χ2v) is 14.4. The van der Waals surface area contributed by atoms with Gasteiger partial charge in [-0.3, -0.25) is 4.40 Å². The van der Waals surface area contributed by atoms with Gasteiger partial charge in [0.1, 0.15) is 11.9 Å². The van der Waals surface area contributed by atoms with Crippen LogP contribution in [0.4, 0.5) is 13.2 Å². The molecule has 1 N–H and O–H groups in total. The van der Waals surface area contributed by atoms with Gasteiger partial charge in [-0.2, -0.15) is 30.6 Å². The fourth-order valence-corrected chi connectivity index (χ4v) is 9.15. The molecular weight excluding hydrogens is 581 g/mol. The van der Waals surface area contributed by atoms with Gasteiger partial charge < -0.3 is 0 Å². The summed E-state index contributed by atoms with van der Waals surface area (Å²) in [5.74, 6) is 0.332. The lowest BCUT2D eigenvalue weighted by Gasteiger charge is -2.27. The Morgan fingerprint density at radius 3 is 2.41 bits per heavy atom. The molecular formula is C26H29F3N6O4S2. The summed E-state index contributed by atoms with van der Waals surface area (Å²) in [4.78, 5) is 9.13. The molecule has 1 aliphatic carbocycles. The van der Waals surface area contributed by atoms with Gasteiger partial charge in [-0.05, 0) is 56.7 Å². The highest BCUT2D eigenvalue weighted by molar-refractivity contribution is 7.90. The van der Waals surface area contributed by atoms with Crippen LogP contribution in [-0.2, 0) is 20.2 Å². The van der Waals surface area contributed by atoms with Crippen molar-refractivity contribution in [1.82, 2.24) is 27.4 Å². The quantitative estimate of drug-likeness (QED) is 0.353. The van der Waals surface area contributed by atoms with Crippen molar-refractivity contribution in [3.8, 4) is 0 Å². The predicted octanol–water partition coefficient (Wildman–Crippen LogP) is 3.97. The topological polar surface area (TPSA) is 119 Å². The molecule has 3 aromatic heterocycles. The van der Waals surface area contributed by atoms with E-state index in [1.807, 2.05) is 18.2 Å². The molecule has 2 aliphatic rings. The molecule has 0 amide bonds. The van der Waals surface area contributed by atoms with Gasteiger partial charge >= 0.3 is 6.18 Å². The zero-order valence-electron chi connectivity index (χ0n) is 22.3. The third-order valence-corrected chi connectivity index (χ3v) is 11.5. The molecule has 1 saturated heterocycles. The van der Waals surface area contributed by atoms with Crippen LogP contribution in [0.5, 0.6) is 0 Å². The number of nitrogens with zero attached hydrogens (tertiary/aromatic N) is 5. The fraction of sp³-hybridized carbons (Fsp3) is 0.462. The lowest BCUT2D eigenvalue weighted by molar-refractivity contribution is -0.165. The van der Waals surface area contributed by atoms with Gasteiger partial charge in [-0.15, -0.1) is 0 Å². The SMILES string of the molecule is Cc1ccc(S(=O)(=O)n2ccc3c2ncc2cnc([C@H]4C[C@@H](NS(=O)(=O)N5CCCC5C(F)(F)F)C[C@H]4C)n23)cc1. The van der Waals surface area contributed by atoms with Gasteiger partial charge in [0.2, 0.25) is 0 Å². The summed E-state index contributed by atoms with van der Waals surface area (Å²) in [7, 11) is -8.28. The van der Waals surface area contributed by atoms with E-state index in [-0.39, 0.29) is 41.8 Å². The van der Waals surface area contributed by atoms with Crippen LogP contribution in [0, 0.1) is 12.8 Å². The molecule has 1 unspecified atom stereocenters. The zero-order valence-corrected chi connectivity index (χ0v) is 23.9. The third-order valence-electron chi connectivity index (χ3n) is 8.18. The summed E-state index contributed by atoms with van der Waals surface area (Å²) in [5.41, 5.74) is 2.30. The number of aromatic nitrogens is 4. The molecule has 2 fully saturated rings. The zero-order chi connectivity index (χ0) is 29.3. The lowest BCUT2D eigenvalue weighted by Crippen LogP contribution is -2.51. The van der Waals surface area contributed by atoms with E-state index in [1.54, 1.807) is 24.4 Å². The van der Waals surface area contributed by atoms with Crippen LogP contribution in [0.1, 0.15) is 49.9 Å². The summed E-state index contributed by atoms with van der Waals surface area (Å²) >= 11 is 0. The van der Waals surface area contributed by atoms with Crippen molar-refractivity contribution in [3.05, 3.63) is 60.3 Å². The first-order valence-electron chi connectivity index (χ1n) is 13.3. The van der Waals surface area contributed by atoms with Crippen molar-refractivity contribution in [2.24, 2.45) is 5.92 Å². The van der Waals surface area contributed by atoms with Crippen LogP contribution in [0.2, 0.25) is 0 Å². The molecule has 15 heteroatoms. The lowest BCUT2D eigenvalue weighted by atomic mass is 9.97. The number of alkyl halides is 3. The van der Waals surface area contributed by atoms with Crippen molar-refractivity contribution in [2.75, 3.05) is 6.54 Å². The molecule has 4 atom stereocenters. The van der Waals surface area contributed by atoms with E-state index in [9.17, 15) is 30.0 Å². The summed E-state index contributed by atoms with van der Waals surface area (Å²) in [6, 6.07) is 5.57. The van der Waals surface area contributed by atoms with E-state index in [4.69, 9.17) is 0 Å². The van der Waals surface area contributed by atoms with Crippen LogP contribution in [-0.4, -0.2) is 64.3 Å². The number of hydrogen-bond donors (Lipinski definition) is 1. The van der Waals surface area contributed by atoms with Gasteiger partial charge in [0.15, 0.2) is 5.65 Å². The Labute approximate surface area is 235 Å². The number of halogens is 3. The Kier molecular flexibility index (Phi) is 6.71. The molecule has 6 rings (SSSR count). The second-order valence-electron chi connectivity index (χ2n) is 11.0. The average Bonchev–Trinajstić information content (AvgIpc) is 3.68. The van der Waals surface area contributed by atoms with E-state index in [2.05, 4.69) is 14.7 Å². The molecule has 0 bridgehead atoms. The monoisotopic (exact) mass is 610 g/mol. The van der Waals surface area contributed by atoms with Crippen molar-refractivity contribution < 1.29 is 30.0 Å². The Bertz CT molecular complexity index is 1830. The van der Waals surface area contributed by atoms with Crippen molar-refractivity contribution in [2.45, 2.75) is 68.6 Å². The number of aryl methyl sites for hydroxylation is 1. The number of hydrogen-bond acceptors (Lipinski definition) is 6. The standard InChI is InChI=1S/C26H29F3N6O4S2/c1-16-5-7-20(8-6-16)40(36,37)34-11-9-22-25(34)31-15-19-14-30-24(35(19)22)21-13-18(12-17(21)2)32-41(38,39)33-10-3-4-23(33)26(27,28)29/h5-9,11,14-15,17-18,21,23,32H,3-4,10,12-13H2,1-2H3/t17-,18+,21+,23?/m1/s1. The number of benzene rings is 1. The van der Waals surface area contributed by atoms with Crippen molar-refractivity contribution >= 4 is 36.9 Å². The first kappa shape index (κ1) is 28.1. The second kappa shape index (κ2) is 9.78. The van der Waals surface area contributed by atoms with Crippen molar-refractivity contribution in [3.63, 3.8) is 0 Å². The third kappa shape index (κ3) is 4.81. The van der Waals surface area contributed by atoms with Crippen LogP contribution in [0.25, 0.3) is 16.7 Å².